The minimum Gasteiger partial charge on any atom is -0.449 e. The number of amides is 1. The largest absolute Gasteiger partial charge is 0.449 e. The van der Waals surface area contributed by atoms with Gasteiger partial charge in [0, 0.05) is 38.8 Å². The van der Waals surface area contributed by atoms with E-state index in [-0.39, 0.29) is 22.2 Å². The minimum absolute atomic E-state index is 0.0292. The van der Waals surface area contributed by atoms with Crippen molar-refractivity contribution in [3.63, 3.8) is 0 Å². The Hall–Kier alpha value is -2.97. The maximum Gasteiger partial charge on any atom is 0.339 e. The molecule has 0 radical (unpaired) electrons. The number of rotatable bonds is 6. The first-order valence-corrected chi connectivity index (χ1v) is 9.93. The molecule has 1 aliphatic heterocycles. The van der Waals surface area contributed by atoms with Crippen molar-refractivity contribution >= 4 is 29.2 Å². The highest BCUT2D eigenvalue weighted by Gasteiger charge is 2.28. The van der Waals surface area contributed by atoms with E-state index in [0.717, 1.165) is 25.7 Å². The second-order valence-corrected chi connectivity index (χ2v) is 7.47. The Kier molecular flexibility index (Phi) is 7.02. The molecule has 0 saturated carbocycles. The molecule has 1 heterocycles. The first-order chi connectivity index (χ1) is 14.3. The lowest BCUT2D eigenvalue weighted by molar-refractivity contribution is -0.384. The Labute approximate surface area is 179 Å². The SMILES string of the molecule is CC(OC(=O)c1ccc(Cl)c([N+](=O)[O-])c1)C(=O)N1CCN(Cc2ccccc2)CC1. The molecule has 3 rings (SSSR count). The first kappa shape index (κ1) is 21.7. The van der Waals surface area contributed by atoms with Gasteiger partial charge >= 0.3 is 5.97 Å². The Morgan fingerprint density at radius 2 is 1.80 bits per heavy atom. The molecule has 158 valence electrons. The average Bonchev–Trinajstić information content (AvgIpc) is 2.74. The van der Waals surface area contributed by atoms with Crippen LogP contribution in [0.25, 0.3) is 0 Å². The van der Waals surface area contributed by atoms with Crippen molar-refractivity contribution in [2.75, 3.05) is 26.2 Å². The number of hydrogen-bond acceptors (Lipinski definition) is 6. The van der Waals surface area contributed by atoms with E-state index in [1.165, 1.54) is 24.6 Å². The molecule has 0 aromatic heterocycles. The van der Waals surface area contributed by atoms with Crippen molar-refractivity contribution in [2.24, 2.45) is 0 Å². The third-order valence-corrected chi connectivity index (χ3v) is 5.26. The van der Waals surface area contributed by atoms with Crippen LogP contribution in [0.15, 0.2) is 48.5 Å². The van der Waals surface area contributed by atoms with Gasteiger partial charge in [-0.1, -0.05) is 41.9 Å². The van der Waals surface area contributed by atoms with E-state index in [9.17, 15) is 19.7 Å². The number of carbonyl (C=O) groups is 2. The fourth-order valence-electron chi connectivity index (χ4n) is 3.28. The van der Waals surface area contributed by atoms with Gasteiger partial charge in [0.25, 0.3) is 11.6 Å². The molecule has 1 aliphatic rings. The van der Waals surface area contributed by atoms with Gasteiger partial charge in [-0.2, -0.15) is 0 Å². The van der Waals surface area contributed by atoms with Gasteiger partial charge in [-0.25, -0.2) is 4.79 Å². The summed E-state index contributed by atoms with van der Waals surface area (Å²) in [6.45, 7) is 4.86. The van der Waals surface area contributed by atoms with Gasteiger partial charge in [0.1, 0.15) is 5.02 Å². The lowest BCUT2D eigenvalue weighted by atomic mass is 10.2. The molecule has 8 nitrogen and oxygen atoms in total. The van der Waals surface area contributed by atoms with Crippen molar-refractivity contribution in [2.45, 2.75) is 19.6 Å². The molecule has 1 amide bonds. The number of carbonyl (C=O) groups excluding carboxylic acids is 2. The molecule has 0 bridgehead atoms. The molecule has 2 aromatic carbocycles. The number of piperazine rings is 1. The zero-order valence-electron chi connectivity index (χ0n) is 16.5. The van der Waals surface area contributed by atoms with Crippen LogP contribution in [0, 0.1) is 10.1 Å². The number of nitro groups is 1. The summed E-state index contributed by atoms with van der Waals surface area (Å²) in [4.78, 5) is 39.2. The zero-order chi connectivity index (χ0) is 21.7. The monoisotopic (exact) mass is 431 g/mol. The third kappa shape index (κ3) is 5.34. The van der Waals surface area contributed by atoms with Gasteiger partial charge in [-0.15, -0.1) is 0 Å². The zero-order valence-corrected chi connectivity index (χ0v) is 17.2. The molecule has 0 aliphatic carbocycles. The molecular weight excluding hydrogens is 410 g/mol. The van der Waals surface area contributed by atoms with Crippen LogP contribution in [0.1, 0.15) is 22.8 Å². The quantitative estimate of drug-likeness (QED) is 0.396. The second kappa shape index (κ2) is 9.69. The number of halogens is 1. The van der Waals surface area contributed by atoms with Gasteiger partial charge < -0.3 is 9.64 Å². The topological polar surface area (TPSA) is 93.0 Å². The number of nitro benzene ring substituents is 1. The Morgan fingerprint density at radius 1 is 1.13 bits per heavy atom. The summed E-state index contributed by atoms with van der Waals surface area (Å²) < 4.78 is 5.24. The average molecular weight is 432 g/mol. The molecule has 1 saturated heterocycles. The standard InChI is InChI=1S/C21H22ClN3O5/c1-15(30-21(27)17-7-8-18(22)19(13-17)25(28)29)20(26)24-11-9-23(10-12-24)14-16-5-3-2-4-6-16/h2-8,13,15H,9-12,14H2,1H3. The van der Waals surface area contributed by atoms with E-state index in [1.807, 2.05) is 18.2 Å². The molecule has 0 N–H and O–H groups in total. The number of benzene rings is 2. The predicted molar refractivity (Wildman–Crippen MR) is 111 cm³/mol. The van der Waals surface area contributed by atoms with Crippen molar-refractivity contribution < 1.29 is 19.2 Å². The van der Waals surface area contributed by atoms with Crippen LogP contribution in [0.2, 0.25) is 5.02 Å². The van der Waals surface area contributed by atoms with E-state index in [4.69, 9.17) is 16.3 Å². The van der Waals surface area contributed by atoms with Crippen LogP contribution in [0.5, 0.6) is 0 Å². The smallest absolute Gasteiger partial charge is 0.339 e. The van der Waals surface area contributed by atoms with Crippen molar-refractivity contribution in [3.8, 4) is 0 Å². The molecule has 9 heteroatoms. The van der Waals surface area contributed by atoms with Crippen LogP contribution >= 0.6 is 11.6 Å². The van der Waals surface area contributed by atoms with Crippen LogP contribution in [-0.2, 0) is 16.1 Å². The molecule has 30 heavy (non-hydrogen) atoms. The summed E-state index contributed by atoms with van der Waals surface area (Å²) in [6.07, 6.45) is -0.993. The molecular formula is C21H22ClN3O5. The number of nitrogens with zero attached hydrogens (tertiary/aromatic N) is 3. The fraction of sp³-hybridized carbons (Fsp3) is 0.333. The van der Waals surface area contributed by atoms with Gasteiger partial charge in [0.15, 0.2) is 6.10 Å². The van der Waals surface area contributed by atoms with Gasteiger partial charge in [0.05, 0.1) is 10.5 Å². The second-order valence-electron chi connectivity index (χ2n) is 7.06. The highest BCUT2D eigenvalue weighted by Crippen LogP contribution is 2.25. The van der Waals surface area contributed by atoms with Crippen LogP contribution in [0.3, 0.4) is 0 Å². The van der Waals surface area contributed by atoms with E-state index in [0.29, 0.717) is 13.1 Å². The van der Waals surface area contributed by atoms with Gasteiger partial charge in [-0.3, -0.25) is 19.8 Å². The van der Waals surface area contributed by atoms with Crippen molar-refractivity contribution in [1.82, 2.24) is 9.80 Å². The lowest BCUT2D eigenvalue weighted by Crippen LogP contribution is -2.51. The minimum atomic E-state index is -0.993. The molecule has 1 atom stereocenters. The summed E-state index contributed by atoms with van der Waals surface area (Å²) in [5, 5.41) is 10.9. The fourth-order valence-corrected chi connectivity index (χ4v) is 3.47. The summed E-state index contributed by atoms with van der Waals surface area (Å²) in [6, 6.07) is 13.8. The van der Waals surface area contributed by atoms with Crippen molar-refractivity contribution in [1.29, 1.82) is 0 Å². The highest BCUT2D eigenvalue weighted by atomic mass is 35.5. The predicted octanol–water partition coefficient (Wildman–Crippen LogP) is 3.14. The number of esters is 1. The Bertz CT molecular complexity index is 929. The van der Waals surface area contributed by atoms with Crippen LogP contribution in [0.4, 0.5) is 5.69 Å². The van der Waals surface area contributed by atoms with Crippen LogP contribution in [-0.4, -0.2) is 58.9 Å². The Morgan fingerprint density at radius 3 is 2.43 bits per heavy atom. The normalized spacial score (nSPS) is 15.5. The van der Waals surface area contributed by atoms with E-state index in [2.05, 4.69) is 17.0 Å². The highest BCUT2D eigenvalue weighted by molar-refractivity contribution is 6.32. The van der Waals surface area contributed by atoms with E-state index < -0.39 is 17.0 Å². The summed E-state index contributed by atoms with van der Waals surface area (Å²) in [5.41, 5.74) is 0.801. The number of hydrogen-bond donors (Lipinski definition) is 0. The first-order valence-electron chi connectivity index (χ1n) is 9.55. The van der Waals surface area contributed by atoms with E-state index in [1.54, 1.807) is 4.90 Å². The molecule has 0 spiro atoms. The lowest BCUT2D eigenvalue weighted by Gasteiger charge is -2.35. The maximum absolute atomic E-state index is 12.7. The third-order valence-electron chi connectivity index (χ3n) is 4.94. The maximum atomic E-state index is 12.7. The molecule has 1 unspecified atom stereocenters. The summed E-state index contributed by atoms with van der Waals surface area (Å²) in [7, 11) is 0. The Balaban J connectivity index is 1.53. The summed E-state index contributed by atoms with van der Waals surface area (Å²) in [5.74, 6) is -1.09. The number of ether oxygens (including phenoxy) is 1. The van der Waals surface area contributed by atoms with Crippen LogP contribution < -0.4 is 0 Å². The summed E-state index contributed by atoms with van der Waals surface area (Å²) >= 11 is 5.76. The van der Waals surface area contributed by atoms with Gasteiger partial charge in [0.2, 0.25) is 0 Å². The van der Waals surface area contributed by atoms with Gasteiger partial charge in [-0.05, 0) is 24.6 Å². The van der Waals surface area contributed by atoms with Crippen molar-refractivity contribution in [3.05, 3.63) is 74.8 Å². The molecule has 1 fully saturated rings. The van der Waals surface area contributed by atoms with E-state index >= 15 is 0 Å². The molecule has 2 aromatic rings.